The van der Waals surface area contributed by atoms with E-state index in [9.17, 15) is 18.0 Å². The Labute approximate surface area is 263 Å². The summed E-state index contributed by atoms with van der Waals surface area (Å²) in [5.74, 6) is -0.344. The maximum atomic E-state index is 14.3. The van der Waals surface area contributed by atoms with Crippen LogP contribution in [0.4, 0.5) is 5.69 Å². The van der Waals surface area contributed by atoms with Crippen molar-refractivity contribution in [3.05, 3.63) is 87.9 Å². The third-order valence-electron chi connectivity index (χ3n) is 6.96. The third-order valence-corrected chi connectivity index (χ3v) is 8.68. The fraction of sp³-hybridized carbons (Fsp3) is 0.355. The van der Waals surface area contributed by atoms with Gasteiger partial charge in [-0.3, -0.25) is 13.9 Å². The Morgan fingerprint density at radius 3 is 2.26 bits per heavy atom. The van der Waals surface area contributed by atoms with Crippen molar-refractivity contribution in [3.8, 4) is 11.5 Å². The molecule has 3 aromatic rings. The Kier molecular flexibility index (Phi) is 12.1. The standard InChI is InChI=1S/C31H37Cl2N3O6S/c1-6-21(2)34-31(38)28(16-22-10-8-7-9-11-22)35(19-23-12-13-24(32)17-26(23)33)30(37)20-36(43(5,39)40)27-15-14-25(41-3)18-29(27)42-4/h7-15,17-18,21,28H,6,16,19-20H2,1-5H3,(H,34,38)/t21-,28-/m1/s1. The van der Waals surface area contributed by atoms with E-state index in [1.807, 2.05) is 44.2 Å². The third kappa shape index (κ3) is 9.26. The van der Waals surface area contributed by atoms with E-state index in [1.54, 1.807) is 24.3 Å². The first-order valence-corrected chi connectivity index (χ1v) is 16.3. The van der Waals surface area contributed by atoms with Crippen LogP contribution in [-0.2, 0) is 32.6 Å². The molecule has 0 saturated carbocycles. The molecule has 9 nitrogen and oxygen atoms in total. The largest absolute Gasteiger partial charge is 0.497 e. The number of amides is 2. The van der Waals surface area contributed by atoms with E-state index < -0.39 is 28.5 Å². The Morgan fingerprint density at radius 2 is 1.67 bits per heavy atom. The van der Waals surface area contributed by atoms with Crippen molar-refractivity contribution in [2.75, 3.05) is 31.3 Å². The Bertz CT molecular complexity index is 1520. The van der Waals surface area contributed by atoms with Crippen LogP contribution in [0.15, 0.2) is 66.7 Å². The van der Waals surface area contributed by atoms with Gasteiger partial charge in [0.25, 0.3) is 0 Å². The maximum absolute atomic E-state index is 14.3. The van der Waals surface area contributed by atoms with Crippen LogP contribution in [0.5, 0.6) is 11.5 Å². The number of sulfonamides is 1. The summed E-state index contributed by atoms with van der Waals surface area (Å²) in [7, 11) is -1.12. The van der Waals surface area contributed by atoms with E-state index in [0.717, 1.165) is 16.1 Å². The number of anilines is 1. The van der Waals surface area contributed by atoms with Gasteiger partial charge in [-0.1, -0.05) is 66.5 Å². The highest BCUT2D eigenvalue weighted by atomic mass is 35.5. The molecule has 2 atom stereocenters. The molecule has 2 amide bonds. The van der Waals surface area contributed by atoms with Gasteiger partial charge in [0.05, 0.1) is 26.2 Å². The SMILES string of the molecule is CC[C@@H](C)NC(=O)[C@@H](Cc1ccccc1)N(Cc1ccc(Cl)cc1Cl)C(=O)CN(c1ccc(OC)cc1OC)S(C)(=O)=O. The monoisotopic (exact) mass is 649 g/mol. The number of benzene rings is 3. The number of hydrogen-bond acceptors (Lipinski definition) is 6. The van der Waals surface area contributed by atoms with Crippen molar-refractivity contribution in [3.63, 3.8) is 0 Å². The van der Waals surface area contributed by atoms with E-state index in [4.69, 9.17) is 32.7 Å². The van der Waals surface area contributed by atoms with Crippen molar-refractivity contribution in [2.24, 2.45) is 0 Å². The normalized spacial score (nSPS) is 12.6. The molecule has 3 rings (SSSR count). The fourth-order valence-electron chi connectivity index (χ4n) is 4.41. The average Bonchev–Trinajstić information content (AvgIpc) is 2.98. The van der Waals surface area contributed by atoms with Crippen LogP contribution in [0.2, 0.25) is 10.0 Å². The highest BCUT2D eigenvalue weighted by Crippen LogP contribution is 2.34. The minimum atomic E-state index is -3.99. The molecule has 0 aliphatic rings. The molecule has 232 valence electrons. The highest BCUT2D eigenvalue weighted by molar-refractivity contribution is 7.92. The van der Waals surface area contributed by atoms with Crippen molar-refractivity contribution in [2.45, 2.75) is 45.3 Å². The Morgan fingerprint density at radius 1 is 0.977 bits per heavy atom. The van der Waals surface area contributed by atoms with Gasteiger partial charge in [0.1, 0.15) is 24.1 Å². The summed E-state index contributed by atoms with van der Waals surface area (Å²) in [4.78, 5) is 29.4. The quantitative estimate of drug-likeness (QED) is 0.253. The first kappa shape index (κ1) is 34.0. The first-order chi connectivity index (χ1) is 20.4. The Balaban J connectivity index is 2.13. The second kappa shape index (κ2) is 15.3. The summed E-state index contributed by atoms with van der Waals surface area (Å²) in [6.45, 7) is 3.15. The van der Waals surface area contributed by atoms with E-state index in [2.05, 4.69) is 5.32 Å². The minimum Gasteiger partial charge on any atom is -0.497 e. The lowest BCUT2D eigenvalue weighted by atomic mass is 10.0. The Hall–Kier alpha value is -3.47. The van der Waals surface area contributed by atoms with Crippen molar-refractivity contribution < 1.29 is 27.5 Å². The molecule has 43 heavy (non-hydrogen) atoms. The van der Waals surface area contributed by atoms with Gasteiger partial charge in [-0.05, 0) is 48.7 Å². The second-order valence-corrected chi connectivity index (χ2v) is 12.8. The summed E-state index contributed by atoms with van der Waals surface area (Å²) >= 11 is 12.6. The number of ether oxygens (including phenoxy) is 2. The van der Waals surface area contributed by atoms with Gasteiger partial charge in [-0.25, -0.2) is 8.42 Å². The molecule has 0 spiro atoms. The molecule has 0 aromatic heterocycles. The van der Waals surface area contributed by atoms with Crippen LogP contribution in [0, 0.1) is 0 Å². The number of nitrogens with zero attached hydrogens (tertiary/aromatic N) is 2. The lowest BCUT2D eigenvalue weighted by Gasteiger charge is -2.34. The zero-order valence-electron chi connectivity index (χ0n) is 24.8. The molecule has 1 N–H and O–H groups in total. The minimum absolute atomic E-state index is 0.0718. The van der Waals surface area contributed by atoms with Gasteiger partial charge in [0.15, 0.2) is 0 Å². The van der Waals surface area contributed by atoms with Gasteiger partial charge in [0.2, 0.25) is 21.8 Å². The lowest BCUT2D eigenvalue weighted by Crippen LogP contribution is -2.54. The molecule has 0 heterocycles. The van der Waals surface area contributed by atoms with Crippen LogP contribution in [0.25, 0.3) is 0 Å². The van der Waals surface area contributed by atoms with Gasteiger partial charge in [-0.2, -0.15) is 0 Å². The summed E-state index contributed by atoms with van der Waals surface area (Å²) < 4.78 is 37.8. The molecule has 0 bridgehead atoms. The van der Waals surface area contributed by atoms with Crippen molar-refractivity contribution in [1.29, 1.82) is 0 Å². The van der Waals surface area contributed by atoms with Crippen LogP contribution < -0.4 is 19.1 Å². The maximum Gasteiger partial charge on any atom is 0.244 e. The first-order valence-electron chi connectivity index (χ1n) is 13.6. The fourth-order valence-corrected chi connectivity index (χ4v) is 5.74. The molecule has 3 aromatic carbocycles. The zero-order chi connectivity index (χ0) is 31.7. The molecule has 0 unspecified atom stereocenters. The summed E-state index contributed by atoms with van der Waals surface area (Å²) in [6, 6.07) is 17.6. The molecule has 0 fully saturated rings. The molecular formula is C31H37Cl2N3O6S. The van der Waals surface area contributed by atoms with Crippen molar-refractivity contribution in [1.82, 2.24) is 10.2 Å². The number of rotatable bonds is 14. The topological polar surface area (TPSA) is 105 Å². The van der Waals surface area contributed by atoms with E-state index >= 15 is 0 Å². The van der Waals surface area contributed by atoms with E-state index in [1.165, 1.54) is 31.3 Å². The molecule has 0 saturated heterocycles. The lowest BCUT2D eigenvalue weighted by molar-refractivity contribution is -0.140. The van der Waals surface area contributed by atoms with Crippen LogP contribution >= 0.6 is 23.2 Å². The second-order valence-electron chi connectivity index (χ2n) is 10.1. The predicted octanol–water partition coefficient (Wildman–Crippen LogP) is 5.33. The van der Waals surface area contributed by atoms with Crippen LogP contribution in [0.3, 0.4) is 0 Å². The highest BCUT2D eigenvalue weighted by Gasteiger charge is 2.34. The predicted molar refractivity (Wildman–Crippen MR) is 171 cm³/mol. The number of hydrogen-bond donors (Lipinski definition) is 1. The molecule has 0 aliphatic heterocycles. The van der Waals surface area contributed by atoms with Gasteiger partial charge in [-0.15, -0.1) is 0 Å². The molecule has 0 aliphatic carbocycles. The summed E-state index contributed by atoms with van der Waals surface area (Å²) in [6.07, 6.45) is 1.87. The van der Waals surface area contributed by atoms with E-state index in [0.29, 0.717) is 27.8 Å². The van der Waals surface area contributed by atoms with Gasteiger partial charge in [0, 0.05) is 35.1 Å². The molecule has 12 heteroatoms. The summed E-state index contributed by atoms with van der Waals surface area (Å²) in [5.41, 5.74) is 1.51. The van der Waals surface area contributed by atoms with E-state index in [-0.39, 0.29) is 36.4 Å². The van der Waals surface area contributed by atoms with Gasteiger partial charge >= 0.3 is 0 Å². The van der Waals surface area contributed by atoms with Crippen LogP contribution in [0.1, 0.15) is 31.4 Å². The molecular weight excluding hydrogens is 613 g/mol. The van der Waals surface area contributed by atoms with Crippen LogP contribution in [-0.4, -0.2) is 64.2 Å². The average molecular weight is 651 g/mol. The number of carbonyl (C=O) groups excluding carboxylic acids is 2. The molecule has 0 radical (unpaired) electrons. The summed E-state index contributed by atoms with van der Waals surface area (Å²) in [5, 5.41) is 3.71. The number of carbonyl (C=O) groups is 2. The zero-order valence-corrected chi connectivity index (χ0v) is 27.2. The number of nitrogens with one attached hydrogen (secondary N) is 1. The smallest absolute Gasteiger partial charge is 0.244 e. The van der Waals surface area contributed by atoms with Crippen molar-refractivity contribution >= 4 is 50.7 Å². The number of halogens is 2. The number of methoxy groups -OCH3 is 2. The van der Waals surface area contributed by atoms with Gasteiger partial charge < -0.3 is 19.7 Å².